The lowest BCUT2D eigenvalue weighted by atomic mass is 10.1. The number of aromatic nitrogens is 1. The van der Waals surface area contributed by atoms with Crippen LogP contribution in [0.5, 0.6) is 0 Å². The molecule has 25 heavy (non-hydrogen) atoms. The molecule has 3 aromatic rings. The molecule has 1 aromatic heterocycles. The van der Waals surface area contributed by atoms with Crippen LogP contribution in [0, 0.1) is 5.92 Å². The van der Waals surface area contributed by atoms with E-state index in [2.05, 4.69) is 4.98 Å². The summed E-state index contributed by atoms with van der Waals surface area (Å²) in [6.45, 7) is 0.260. The van der Waals surface area contributed by atoms with E-state index in [-0.39, 0.29) is 18.9 Å². The van der Waals surface area contributed by atoms with Gasteiger partial charge in [0.1, 0.15) is 5.52 Å². The summed E-state index contributed by atoms with van der Waals surface area (Å²) in [7, 11) is 0. The predicted octanol–water partition coefficient (Wildman–Crippen LogP) is 4.27. The number of carbonyl (C=O) groups is 2. The second kappa shape index (κ2) is 6.17. The number of nitrogens with zero attached hydrogens (tertiary/aromatic N) is 2. The van der Waals surface area contributed by atoms with Crippen molar-refractivity contribution in [2.75, 3.05) is 11.4 Å². The minimum atomic E-state index is -0.496. The van der Waals surface area contributed by atoms with Gasteiger partial charge in [-0.05, 0) is 41.9 Å². The van der Waals surface area contributed by atoms with Crippen LogP contribution in [-0.2, 0) is 9.59 Å². The summed E-state index contributed by atoms with van der Waals surface area (Å²) in [5, 5.41) is -0.0316. The summed E-state index contributed by atoms with van der Waals surface area (Å²) < 4.78 is 5.76. The van der Waals surface area contributed by atoms with Gasteiger partial charge in [0, 0.05) is 18.7 Å². The summed E-state index contributed by atoms with van der Waals surface area (Å²) in [6, 6.07) is 12.6. The maximum Gasteiger partial charge on any atom is 0.228 e. The van der Waals surface area contributed by atoms with Gasteiger partial charge in [0.15, 0.2) is 5.58 Å². The molecule has 0 radical (unpaired) electrons. The maximum absolute atomic E-state index is 12.2. The Bertz CT molecular complexity index is 966. The first-order valence-electron chi connectivity index (χ1n) is 7.68. The third-order valence-electron chi connectivity index (χ3n) is 4.23. The van der Waals surface area contributed by atoms with Gasteiger partial charge >= 0.3 is 0 Å². The zero-order valence-corrected chi connectivity index (χ0v) is 14.4. The number of halogens is 2. The number of hydrogen-bond acceptors (Lipinski definition) is 4. The normalized spacial score (nSPS) is 17.4. The molecule has 1 saturated heterocycles. The first kappa shape index (κ1) is 16.1. The van der Waals surface area contributed by atoms with Crippen molar-refractivity contribution < 1.29 is 14.0 Å². The van der Waals surface area contributed by atoms with E-state index in [0.29, 0.717) is 27.7 Å². The number of amides is 1. The van der Waals surface area contributed by atoms with Gasteiger partial charge in [-0.1, -0.05) is 23.7 Å². The first-order valence-corrected chi connectivity index (χ1v) is 8.44. The van der Waals surface area contributed by atoms with Crippen molar-refractivity contribution in [3.8, 4) is 11.5 Å². The minimum Gasteiger partial charge on any atom is -0.436 e. The van der Waals surface area contributed by atoms with Crippen molar-refractivity contribution in [3.05, 3.63) is 47.5 Å². The molecule has 2 aromatic carbocycles. The van der Waals surface area contributed by atoms with Crippen LogP contribution in [0.4, 0.5) is 5.69 Å². The van der Waals surface area contributed by atoms with Gasteiger partial charge < -0.3 is 9.32 Å². The van der Waals surface area contributed by atoms with E-state index in [0.717, 1.165) is 5.52 Å². The Morgan fingerprint density at radius 1 is 1.24 bits per heavy atom. The molecule has 0 bridgehead atoms. The van der Waals surface area contributed by atoms with Gasteiger partial charge in [0.05, 0.1) is 16.5 Å². The molecule has 1 aliphatic heterocycles. The maximum atomic E-state index is 12.2. The van der Waals surface area contributed by atoms with Crippen molar-refractivity contribution in [1.29, 1.82) is 0 Å². The Morgan fingerprint density at radius 2 is 2.04 bits per heavy atom. The van der Waals surface area contributed by atoms with Crippen LogP contribution in [0.2, 0.25) is 5.02 Å². The molecule has 126 valence electrons. The van der Waals surface area contributed by atoms with Crippen molar-refractivity contribution in [2.45, 2.75) is 6.42 Å². The highest BCUT2D eigenvalue weighted by Crippen LogP contribution is 2.35. The lowest BCUT2D eigenvalue weighted by molar-refractivity contribution is -0.120. The fourth-order valence-electron chi connectivity index (χ4n) is 2.94. The van der Waals surface area contributed by atoms with Gasteiger partial charge in [-0.25, -0.2) is 4.98 Å². The zero-order chi connectivity index (χ0) is 17.6. The smallest absolute Gasteiger partial charge is 0.228 e. The molecule has 4 rings (SSSR count). The number of hydrogen-bond donors (Lipinski definition) is 0. The molecule has 0 saturated carbocycles. The Kier molecular flexibility index (Phi) is 3.98. The van der Waals surface area contributed by atoms with Crippen LogP contribution in [0.3, 0.4) is 0 Å². The number of rotatable bonds is 3. The van der Waals surface area contributed by atoms with Gasteiger partial charge in [0.25, 0.3) is 0 Å². The van der Waals surface area contributed by atoms with Crippen molar-refractivity contribution in [2.24, 2.45) is 5.92 Å². The van der Waals surface area contributed by atoms with Gasteiger partial charge in [-0.15, -0.1) is 0 Å². The van der Waals surface area contributed by atoms with E-state index >= 15 is 0 Å². The standard InChI is InChI=1S/C18H12Cl2N2O3/c19-13-6-5-11(22-9-10(17(20)24)7-16(22)23)8-12(13)18-21-14-3-1-2-4-15(14)25-18/h1-6,8,10H,7,9H2/t10-/m1/s1. The Labute approximate surface area is 153 Å². The summed E-state index contributed by atoms with van der Waals surface area (Å²) >= 11 is 11.8. The number of benzene rings is 2. The second-order valence-electron chi connectivity index (χ2n) is 5.86. The molecule has 0 unspecified atom stereocenters. The third kappa shape index (κ3) is 2.90. The fourth-order valence-corrected chi connectivity index (χ4v) is 3.29. The third-order valence-corrected chi connectivity index (χ3v) is 4.87. The summed E-state index contributed by atoms with van der Waals surface area (Å²) in [5.41, 5.74) is 2.60. The number of anilines is 1. The van der Waals surface area contributed by atoms with Crippen LogP contribution >= 0.6 is 23.2 Å². The van der Waals surface area contributed by atoms with E-state index in [1.54, 1.807) is 18.2 Å². The zero-order valence-electron chi connectivity index (χ0n) is 12.9. The largest absolute Gasteiger partial charge is 0.436 e. The Morgan fingerprint density at radius 3 is 2.76 bits per heavy atom. The molecule has 7 heteroatoms. The van der Waals surface area contributed by atoms with E-state index in [9.17, 15) is 9.59 Å². The van der Waals surface area contributed by atoms with Crippen molar-refractivity contribution in [3.63, 3.8) is 0 Å². The van der Waals surface area contributed by atoms with Crippen LogP contribution in [0.25, 0.3) is 22.6 Å². The molecule has 1 aliphatic rings. The van der Waals surface area contributed by atoms with Crippen molar-refractivity contribution in [1.82, 2.24) is 4.98 Å². The number of oxazole rings is 1. The van der Waals surface area contributed by atoms with Crippen LogP contribution in [0.15, 0.2) is 46.9 Å². The molecule has 1 fully saturated rings. The van der Waals surface area contributed by atoms with E-state index in [1.807, 2.05) is 24.3 Å². The summed E-state index contributed by atoms with van der Waals surface area (Å²) in [6.07, 6.45) is 0.114. The Hall–Kier alpha value is -2.37. The van der Waals surface area contributed by atoms with Gasteiger partial charge in [-0.3, -0.25) is 9.59 Å². The second-order valence-corrected chi connectivity index (χ2v) is 6.64. The quantitative estimate of drug-likeness (QED) is 0.642. The molecule has 1 amide bonds. The van der Waals surface area contributed by atoms with Crippen LogP contribution in [-0.4, -0.2) is 22.7 Å². The van der Waals surface area contributed by atoms with Crippen LogP contribution in [0.1, 0.15) is 6.42 Å². The molecule has 0 aliphatic carbocycles. The van der Waals surface area contributed by atoms with Gasteiger partial charge in [-0.2, -0.15) is 0 Å². The summed E-state index contributed by atoms with van der Waals surface area (Å²) in [5.74, 6) is -0.257. The molecular weight excluding hydrogens is 363 g/mol. The topological polar surface area (TPSA) is 63.4 Å². The fraction of sp³-hybridized carbons (Fsp3) is 0.167. The highest BCUT2D eigenvalue weighted by atomic mass is 35.5. The van der Waals surface area contributed by atoms with Crippen LogP contribution < -0.4 is 4.90 Å². The lowest BCUT2D eigenvalue weighted by Crippen LogP contribution is -2.25. The van der Waals surface area contributed by atoms with E-state index in [4.69, 9.17) is 27.6 Å². The number of fused-ring (bicyclic) bond motifs is 1. The number of para-hydroxylation sites is 2. The summed E-state index contributed by atoms with van der Waals surface area (Å²) in [4.78, 5) is 29.5. The Balaban J connectivity index is 1.74. The molecule has 5 nitrogen and oxygen atoms in total. The highest BCUT2D eigenvalue weighted by Gasteiger charge is 2.34. The average molecular weight is 375 g/mol. The molecule has 1 atom stereocenters. The lowest BCUT2D eigenvalue weighted by Gasteiger charge is -2.17. The van der Waals surface area contributed by atoms with Gasteiger partial charge in [0.2, 0.25) is 17.0 Å². The molecule has 0 spiro atoms. The molecular formula is C18H12Cl2N2O3. The monoisotopic (exact) mass is 374 g/mol. The predicted molar refractivity (Wildman–Crippen MR) is 95.8 cm³/mol. The minimum absolute atomic E-state index is 0.114. The average Bonchev–Trinajstić information content (AvgIpc) is 3.19. The van der Waals surface area contributed by atoms with E-state index < -0.39 is 11.2 Å². The molecule has 2 heterocycles. The SMILES string of the molecule is O=C(Cl)[C@@H]1CC(=O)N(c2ccc(Cl)c(-c3nc4ccccc4o3)c2)C1. The first-order chi connectivity index (χ1) is 12.0. The van der Waals surface area contributed by atoms with Crippen molar-refractivity contribution >= 4 is 51.1 Å². The highest BCUT2D eigenvalue weighted by molar-refractivity contribution is 6.64. The number of carbonyl (C=O) groups excluding carboxylic acids is 2. The van der Waals surface area contributed by atoms with E-state index in [1.165, 1.54) is 4.90 Å². The molecule has 0 N–H and O–H groups in total.